The molecular formula is C26H23F3N8O. The van der Waals surface area contributed by atoms with Crippen LogP contribution < -0.4 is 15.1 Å². The van der Waals surface area contributed by atoms with E-state index in [4.69, 9.17) is 0 Å². The lowest BCUT2D eigenvalue weighted by atomic mass is 10.0. The third-order valence-electron chi connectivity index (χ3n) is 6.70. The lowest BCUT2D eigenvalue weighted by Crippen LogP contribution is -2.47. The Balaban J connectivity index is 1.25. The van der Waals surface area contributed by atoms with Gasteiger partial charge in [0.15, 0.2) is 11.5 Å². The molecule has 0 bridgehead atoms. The Hall–Kier alpha value is -4.48. The van der Waals surface area contributed by atoms with Crippen LogP contribution in [-0.4, -0.2) is 62.8 Å². The lowest BCUT2D eigenvalue weighted by Gasteiger charge is -2.27. The highest BCUT2D eigenvalue weighted by atomic mass is 19.1. The SMILES string of the molecule is O=C1CN(c2cnc(/C=C/c3cnc4ccc(N5C[C@@H](F)C[C@@H]5c5cc(F)ccc5F)nn34)nc2)CCN1. The first kappa shape index (κ1) is 23.9. The van der Waals surface area contributed by atoms with Crippen LogP contribution in [0, 0.1) is 11.6 Å². The summed E-state index contributed by atoms with van der Waals surface area (Å²) in [5.41, 5.74) is 2.06. The summed E-state index contributed by atoms with van der Waals surface area (Å²) in [4.78, 5) is 28.3. The molecule has 0 aliphatic carbocycles. The molecule has 9 nitrogen and oxygen atoms in total. The van der Waals surface area contributed by atoms with Crippen LogP contribution in [0.25, 0.3) is 17.8 Å². The van der Waals surface area contributed by atoms with Gasteiger partial charge in [0.2, 0.25) is 5.91 Å². The summed E-state index contributed by atoms with van der Waals surface area (Å²) >= 11 is 0. The topological polar surface area (TPSA) is 91.6 Å². The molecule has 2 aliphatic heterocycles. The molecule has 2 aliphatic rings. The van der Waals surface area contributed by atoms with Gasteiger partial charge in [-0.1, -0.05) is 0 Å². The number of piperazine rings is 1. The minimum absolute atomic E-state index is 0.0118. The fraction of sp³-hybridized carbons (Fsp3) is 0.269. The Kier molecular flexibility index (Phi) is 6.14. The fourth-order valence-electron chi connectivity index (χ4n) is 4.85. The highest BCUT2D eigenvalue weighted by Gasteiger charge is 2.36. The number of fused-ring (bicyclic) bond motifs is 1. The average Bonchev–Trinajstić information content (AvgIpc) is 3.52. The number of nitrogens with one attached hydrogen (secondary N) is 1. The first-order valence-corrected chi connectivity index (χ1v) is 12.2. The summed E-state index contributed by atoms with van der Waals surface area (Å²) in [5, 5.41) is 7.42. The Morgan fingerprint density at radius 2 is 1.87 bits per heavy atom. The van der Waals surface area contributed by atoms with E-state index in [0.717, 1.165) is 23.9 Å². The maximum absolute atomic E-state index is 14.5. The fourth-order valence-corrected chi connectivity index (χ4v) is 4.85. The van der Waals surface area contributed by atoms with Crippen LogP contribution in [0.3, 0.4) is 0 Å². The number of alkyl halides is 1. The standard InChI is InChI=1S/C26H23F3N8O/c27-16-1-3-21(29)20(9-16)22-10-17(28)14-36(22)25-6-5-24-33-11-18(37(24)34-25)2-4-23-31-12-19(13-32-23)35-8-7-30-26(38)15-35/h1-6,9,11-13,17,22H,7-8,10,14-15H2,(H,30,38)/b4-2+/t17-,22+/m0/s1. The number of rotatable bonds is 5. The second-order valence-electron chi connectivity index (χ2n) is 9.22. The highest BCUT2D eigenvalue weighted by molar-refractivity contribution is 5.82. The number of nitrogens with zero attached hydrogens (tertiary/aromatic N) is 7. The first-order chi connectivity index (χ1) is 18.4. The number of aromatic nitrogens is 5. The van der Waals surface area contributed by atoms with Crippen LogP contribution in [0.1, 0.15) is 29.5 Å². The number of carbonyl (C=O) groups is 1. The molecule has 1 aromatic carbocycles. The molecule has 2 fully saturated rings. The Morgan fingerprint density at radius 1 is 1.03 bits per heavy atom. The molecule has 3 aromatic heterocycles. The van der Waals surface area contributed by atoms with Gasteiger partial charge in [0.05, 0.1) is 49.1 Å². The monoisotopic (exact) mass is 520 g/mol. The van der Waals surface area contributed by atoms with Crippen molar-refractivity contribution >= 4 is 35.2 Å². The molecule has 1 amide bonds. The summed E-state index contributed by atoms with van der Waals surface area (Å²) in [6, 6.07) is 5.96. The van der Waals surface area contributed by atoms with Crippen molar-refractivity contribution < 1.29 is 18.0 Å². The number of carbonyl (C=O) groups excluding carboxylic acids is 1. The molecule has 4 aromatic rings. The van der Waals surface area contributed by atoms with Gasteiger partial charge in [-0.15, -0.1) is 5.10 Å². The number of anilines is 2. The van der Waals surface area contributed by atoms with Crippen molar-refractivity contribution in [1.82, 2.24) is 29.9 Å². The highest BCUT2D eigenvalue weighted by Crippen LogP contribution is 2.38. The summed E-state index contributed by atoms with van der Waals surface area (Å²) in [7, 11) is 0. The number of amides is 1. The van der Waals surface area contributed by atoms with Crippen molar-refractivity contribution in [3.05, 3.63) is 77.6 Å². The smallest absolute Gasteiger partial charge is 0.239 e. The molecule has 194 valence electrons. The zero-order valence-corrected chi connectivity index (χ0v) is 20.1. The van der Waals surface area contributed by atoms with Gasteiger partial charge in [-0.25, -0.2) is 32.6 Å². The van der Waals surface area contributed by atoms with Crippen molar-refractivity contribution in [1.29, 1.82) is 0 Å². The van der Waals surface area contributed by atoms with Crippen LogP contribution in [-0.2, 0) is 4.79 Å². The molecule has 6 rings (SSSR count). The molecular weight excluding hydrogens is 497 g/mol. The van der Waals surface area contributed by atoms with Gasteiger partial charge in [0.1, 0.15) is 23.6 Å². The number of benzene rings is 1. The number of hydrogen-bond donors (Lipinski definition) is 1. The lowest BCUT2D eigenvalue weighted by molar-refractivity contribution is -0.120. The summed E-state index contributed by atoms with van der Waals surface area (Å²) in [5.74, 6) is -0.320. The van der Waals surface area contributed by atoms with Gasteiger partial charge >= 0.3 is 0 Å². The number of hydrogen-bond acceptors (Lipinski definition) is 7. The van der Waals surface area contributed by atoms with E-state index in [9.17, 15) is 18.0 Å². The van der Waals surface area contributed by atoms with Gasteiger partial charge in [0, 0.05) is 25.1 Å². The van der Waals surface area contributed by atoms with E-state index in [1.807, 2.05) is 4.90 Å². The third kappa shape index (κ3) is 4.64. The van der Waals surface area contributed by atoms with Crippen molar-refractivity contribution in [3.63, 3.8) is 0 Å². The van der Waals surface area contributed by atoms with E-state index in [0.29, 0.717) is 36.1 Å². The van der Waals surface area contributed by atoms with Crippen molar-refractivity contribution in [2.75, 3.05) is 36.0 Å². The van der Waals surface area contributed by atoms with Crippen LogP contribution in [0.2, 0.25) is 0 Å². The summed E-state index contributed by atoms with van der Waals surface area (Å²) in [6.45, 7) is 1.54. The third-order valence-corrected chi connectivity index (χ3v) is 6.70. The van der Waals surface area contributed by atoms with E-state index < -0.39 is 23.8 Å². The predicted octanol–water partition coefficient (Wildman–Crippen LogP) is 3.19. The predicted molar refractivity (Wildman–Crippen MR) is 135 cm³/mol. The maximum Gasteiger partial charge on any atom is 0.239 e. The van der Waals surface area contributed by atoms with Crippen molar-refractivity contribution in [3.8, 4) is 0 Å². The molecule has 0 radical (unpaired) electrons. The van der Waals surface area contributed by atoms with Crippen LogP contribution in [0.15, 0.2) is 48.9 Å². The van der Waals surface area contributed by atoms with Gasteiger partial charge in [-0.05, 0) is 42.5 Å². The molecule has 2 saturated heterocycles. The minimum Gasteiger partial charge on any atom is -0.358 e. The molecule has 0 spiro atoms. The first-order valence-electron chi connectivity index (χ1n) is 12.2. The van der Waals surface area contributed by atoms with Crippen LogP contribution in [0.4, 0.5) is 24.7 Å². The Labute approximate surface area is 215 Å². The number of halogens is 3. The van der Waals surface area contributed by atoms with Gasteiger partial charge in [-0.2, -0.15) is 0 Å². The zero-order valence-electron chi connectivity index (χ0n) is 20.1. The molecule has 2 atom stereocenters. The summed E-state index contributed by atoms with van der Waals surface area (Å²) in [6.07, 6.45) is 7.27. The van der Waals surface area contributed by atoms with Crippen molar-refractivity contribution in [2.24, 2.45) is 0 Å². The van der Waals surface area contributed by atoms with E-state index >= 15 is 0 Å². The molecule has 5 heterocycles. The quantitative estimate of drug-likeness (QED) is 0.432. The summed E-state index contributed by atoms with van der Waals surface area (Å²) < 4.78 is 44.5. The van der Waals surface area contributed by atoms with Crippen LogP contribution >= 0.6 is 0 Å². The molecule has 0 unspecified atom stereocenters. The van der Waals surface area contributed by atoms with Gasteiger partial charge in [0.25, 0.3) is 0 Å². The number of imidazole rings is 1. The van der Waals surface area contributed by atoms with E-state index in [-0.39, 0.29) is 31.0 Å². The molecule has 0 saturated carbocycles. The maximum atomic E-state index is 14.5. The molecule has 38 heavy (non-hydrogen) atoms. The molecule has 12 heteroatoms. The average molecular weight is 521 g/mol. The van der Waals surface area contributed by atoms with Gasteiger partial charge in [-0.3, -0.25) is 4.79 Å². The normalized spacial score (nSPS) is 20.0. The zero-order chi connectivity index (χ0) is 26.2. The Morgan fingerprint density at radius 3 is 2.68 bits per heavy atom. The van der Waals surface area contributed by atoms with E-state index in [2.05, 4.69) is 25.4 Å². The largest absolute Gasteiger partial charge is 0.358 e. The second kappa shape index (κ2) is 9.77. The van der Waals surface area contributed by atoms with Crippen molar-refractivity contribution in [2.45, 2.75) is 18.6 Å². The molecule has 1 N–H and O–H groups in total. The Bertz CT molecular complexity index is 1520. The van der Waals surface area contributed by atoms with E-state index in [1.54, 1.807) is 52.3 Å². The van der Waals surface area contributed by atoms with Crippen LogP contribution in [0.5, 0.6) is 0 Å². The van der Waals surface area contributed by atoms with E-state index in [1.165, 1.54) is 0 Å². The second-order valence-corrected chi connectivity index (χ2v) is 9.22. The minimum atomic E-state index is -1.21. The van der Waals surface area contributed by atoms with Gasteiger partial charge < -0.3 is 15.1 Å².